The molecule has 0 aliphatic carbocycles. The molecule has 0 unspecified atom stereocenters. The van der Waals surface area contributed by atoms with Gasteiger partial charge in [-0.05, 0) is 53.7 Å². The molecule has 8 heteroatoms. The second kappa shape index (κ2) is 8.94. The molecule has 0 saturated carbocycles. The van der Waals surface area contributed by atoms with E-state index in [1.54, 1.807) is 24.3 Å². The van der Waals surface area contributed by atoms with Crippen LogP contribution in [0.2, 0.25) is 5.02 Å². The first-order valence-corrected chi connectivity index (χ1v) is 10.1. The molecule has 144 valence electrons. The Labute approximate surface area is 179 Å². The van der Waals surface area contributed by atoms with Gasteiger partial charge in [0.1, 0.15) is 18.2 Å². The molecular formula is C20H14BrClFNO3S. The maximum atomic E-state index is 13.2. The molecule has 28 heavy (non-hydrogen) atoms. The maximum Gasteiger partial charge on any atom is 0.293 e. The molecule has 1 fully saturated rings. The number of nitrogens with zero attached hydrogens (tertiary/aromatic N) is 1. The molecule has 0 N–H and O–H groups in total. The number of ether oxygens (including phenoxy) is 1. The van der Waals surface area contributed by atoms with Gasteiger partial charge in [0.15, 0.2) is 0 Å². The Bertz CT molecular complexity index is 995. The lowest BCUT2D eigenvalue weighted by Crippen LogP contribution is -2.27. The molecule has 0 radical (unpaired) electrons. The molecule has 2 aromatic carbocycles. The molecule has 0 spiro atoms. The minimum atomic E-state index is -0.482. The van der Waals surface area contributed by atoms with E-state index in [1.165, 1.54) is 12.1 Å². The number of amides is 2. The van der Waals surface area contributed by atoms with Crippen molar-refractivity contribution in [2.45, 2.75) is 6.54 Å². The summed E-state index contributed by atoms with van der Waals surface area (Å²) in [7, 11) is 0. The second-order valence-electron chi connectivity index (χ2n) is 5.79. The fraction of sp³-hybridized carbons (Fsp3) is 0.100. The number of carbonyl (C=O) groups excluding carboxylic acids is 2. The van der Waals surface area contributed by atoms with E-state index in [9.17, 15) is 14.0 Å². The molecule has 1 aliphatic heterocycles. The first kappa shape index (κ1) is 20.6. The van der Waals surface area contributed by atoms with Gasteiger partial charge in [0.25, 0.3) is 11.1 Å². The molecule has 0 aromatic heterocycles. The summed E-state index contributed by atoms with van der Waals surface area (Å²) in [6.45, 7) is 3.90. The van der Waals surface area contributed by atoms with Crippen molar-refractivity contribution < 1.29 is 18.7 Å². The number of halogens is 3. The van der Waals surface area contributed by atoms with Crippen LogP contribution in [0.3, 0.4) is 0 Å². The zero-order valence-electron chi connectivity index (χ0n) is 14.5. The molecule has 0 atom stereocenters. The average molecular weight is 483 g/mol. The Morgan fingerprint density at radius 2 is 2.04 bits per heavy atom. The van der Waals surface area contributed by atoms with Crippen LogP contribution in [0.5, 0.6) is 5.75 Å². The Morgan fingerprint density at radius 1 is 1.25 bits per heavy atom. The smallest absolute Gasteiger partial charge is 0.293 e. The highest BCUT2D eigenvalue weighted by Gasteiger charge is 2.35. The monoisotopic (exact) mass is 481 g/mol. The van der Waals surface area contributed by atoms with Gasteiger partial charge in [0.2, 0.25) is 0 Å². The number of imide groups is 1. The summed E-state index contributed by atoms with van der Waals surface area (Å²) < 4.78 is 19.6. The van der Waals surface area contributed by atoms with Crippen LogP contribution >= 0.6 is 39.3 Å². The Morgan fingerprint density at radius 3 is 2.75 bits per heavy atom. The van der Waals surface area contributed by atoms with Gasteiger partial charge in [-0.15, -0.1) is 0 Å². The molecule has 0 bridgehead atoms. The topological polar surface area (TPSA) is 46.6 Å². The van der Waals surface area contributed by atoms with E-state index in [1.807, 2.05) is 6.07 Å². The van der Waals surface area contributed by atoms with E-state index in [0.717, 1.165) is 27.2 Å². The van der Waals surface area contributed by atoms with Gasteiger partial charge in [-0.2, -0.15) is 0 Å². The predicted molar refractivity (Wildman–Crippen MR) is 113 cm³/mol. The quantitative estimate of drug-likeness (QED) is 0.372. The van der Waals surface area contributed by atoms with Crippen LogP contribution < -0.4 is 4.74 Å². The van der Waals surface area contributed by atoms with E-state index in [-0.39, 0.29) is 16.5 Å². The Kier molecular flexibility index (Phi) is 6.59. The van der Waals surface area contributed by atoms with Crippen LogP contribution in [-0.4, -0.2) is 22.7 Å². The van der Waals surface area contributed by atoms with Crippen LogP contribution in [0.1, 0.15) is 11.1 Å². The molecular weight excluding hydrogens is 469 g/mol. The van der Waals surface area contributed by atoms with Crippen molar-refractivity contribution in [2.24, 2.45) is 0 Å². The van der Waals surface area contributed by atoms with Crippen LogP contribution in [0.15, 0.2) is 58.4 Å². The number of hydrogen-bond donors (Lipinski definition) is 0. The maximum absolute atomic E-state index is 13.2. The van der Waals surface area contributed by atoms with Gasteiger partial charge >= 0.3 is 0 Å². The highest BCUT2D eigenvalue weighted by Crippen LogP contribution is 2.36. The largest absolute Gasteiger partial charge is 0.489 e. The Balaban J connectivity index is 1.87. The second-order valence-corrected chi connectivity index (χ2v) is 8.10. The molecule has 3 rings (SSSR count). The summed E-state index contributed by atoms with van der Waals surface area (Å²) in [5, 5.41) is -0.254. The normalized spacial score (nSPS) is 15.4. The number of carbonyl (C=O) groups is 2. The predicted octanol–water partition coefficient (Wildman–Crippen LogP) is 6.04. The van der Waals surface area contributed by atoms with Gasteiger partial charge in [-0.1, -0.05) is 46.3 Å². The van der Waals surface area contributed by atoms with Crippen LogP contribution in [0.25, 0.3) is 6.08 Å². The van der Waals surface area contributed by atoms with Crippen molar-refractivity contribution in [1.82, 2.24) is 4.90 Å². The molecule has 2 aromatic rings. The van der Waals surface area contributed by atoms with Crippen LogP contribution in [0, 0.1) is 5.82 Å². The summed E-state index contributed by atoms with van der Waals surface area (Å²) >= 11 is 10.2. The minimum absolute atomic E-state index is 0.0283. The van der Waals surface area contributed by atoms with Crippen molar-refractivity contribution in [1.29, 1.82) is 0 Å². The summed E-state index contributed by atoms with van der Waals surface area (Å²) in [4.78, 5) is 26.4. The van der Waals surface area contributed by atoms with E-state index in [2.05, 4.69) is 22.5 Å². The van der Waals surface area contributed by atoms with E-state index in [0.29, 0.717) is 23.5 Å². The third-order valence-corrected chi connectivity index (χ3v) is 5.58. The summed E-state index contributed by atoms with van der Waals surface area (Å²) in [6.07, 6.45) is 3.23. The molecule has 2 amide bonds. The van der Waals surface area contributed by atoms with Gasteiger partial charge in [-0.25, -0.2) is 4.39 Å². The third-order valence-electron chi connectivity index (χ3n) is 3.83. The minimum Gasteiger partial charge on any atom is -0.489 e. The lowest BCUT2D eigenvalue weighted by molar-refractivity contribution is -0.123. The number of hydrogen-bond acceptors (Lipinski definition) is 4. The fourth-order valence-corrected chi connectivity index (χ4v) is 3.95. The molecule has 1 heterocycles. The standard InChI is InChI=1S/C20H14BrClFNO3S/c1-2-7-27-17-6-4-14(21)8-13(17)9-18-19(25)24(20(26)28-18)11-12-3-5-15(23)10-16(12)22/h2-6,8-10H,1,7,11H2/b18-9+. The first-order valence-electron chi connectivity index (χ1n) is 8.11. The van der Waals surface area contributed by atoms with Gasteiger partial charge in [0.05, 0.1) is 11.4 Å². The highest BCUT2D eigenvalue weighted by atomic mass is 79.9. The van der Waals surface area contributed by atoms with Crippen LogP contribution in [-0.2, 0) is 11.3 Å². The number of thioether (sulfide) groups is 1. The van der Waals surface area contributed by atoms with Crippen molar-refractivity contribution in [3.05, 3.63) is 80.4 Å². The Hall–Kier alpha value is -2.09. The van der Waals surface area contributed by atoms with Gasteiger partial charge in [0, 0.05) is 15.1 Å². The van der Waals surface area contributed by atoms with Gasteiger partial charge in [-0.3, -0.25) is 14.5 Å². The van der Waals surface area contributed by atoms with E-state index < -0.39 is 17.0 Å². The SMILES string of the molecule is C=CCOc1ccc(Br)cc1/C=C1/SC(=O)N(Cc2ccc(F)cc2Cl)C1=O. The third kappa shape index (κ3) is 4.66. The zero-order valence-corrected chi connectivity index (χ0v) is 17.6. The van der Waals surface area contributed by atoms with E-state index in [4.69, 9.17) is 16.3 Å². The van der Waals surface area contributed by atoms with Crippen LogP contribution in [0.4, 0.5) is 9.18 Å². The zero-order chi connectivity index (χ0) is 20.3. The molecule has 4 nitrogen and oxygen atoms in total. The first-order chi connectivity index (χ1) is 13.4. The van der Waals surface area contributed by atoms with Crippen molar-refractivity contribution in [2.75, 3.05) is 6.61 Å². The lowest BCUT2D eigenvalue weighted by Gasteiger charge is -2.13. The van der Waals surface area contributed by atoms with Crippen molar-refractivity contribution >= 4 is 56.5 Å². The van der Waals surface area contributed by atoms with Crippen molar-refractivity contribution in [3.8, 4) is 5.75 Å². The summed E-state index contributed by atoms with van der Waals surface area (Å²) in [5.74, 6) is -0.356. The lowest BCUT2D eigenvalue weighted by atomic mass is 10.1. The number of rotatable bonds is 6. The van der Waals surface area contributed by atoms with Gasteiger partial charge < -0.3 is 4.74 Å². The summed E-state index contributed by atoms with van der Waals surface area (Å²) in [6, 6.07) is 9.22. The van der Waals surface area contributed by atoms with Crippen molar-refractivity contribution in [3.63, 3.8) is 0 Å². The summed E-state index contributed by atoms with van der Waals surface area (Å²) in [5.41, 5.74) is 1.14. The van der Waals surface area contributed by atoms with E-state index >= 15 is 0 Å². The fourth-order valence-electron chi connectivity index (χ4n) is 2.51. The average Bonchev–Trinajstić information content (AvgIpc) is 2.90. The molecule has 1 saturated heterocycles. The number of benzene rings is 2. The highest BCUT2D eigenvalue weighted by molar-refractivity contribution is 9.10. The molecule has 1 aliphatic rings.